The van der Waals surface area contributed by atoms with Crippen molar-refractivity contribution in [2.75, 3.05) is 17.4 Å². The summed E-state index contributed by atoms with van der Waals surface area (Å²) in [6.07, 6.45) is 0.305. The van der Waals surface area contributed by atoms with Crippen molar-refractivity contribution >= 4 is 62.3 Å². The number of sulfonamides is 1. The fourth-order valence-corrected chi connectivity index (χ4v) is 6.21. The van der Waals surface area contributed by atoms with Crippen LogP contribution in [0.1, 0.15) is 37.0 Å². The van der Waals surface area contributed by atoms with Crippen molar-refractivity contribution in [1.29, 1.82) is 0 Å². The van der Waals surface area contributed by atoms with E-state index in [2.05, 4.69) is 5.32 Å². The first kappa shape index (κ1) is 31.7. The average molecular weight is 625 g/mol. The molecule has 0 aromatic heterocycles. The summed E-state index contributed by atoms with van der Waals surface area (Å²) >= 11 is 18.6. The smallest absolute Gasteiger partial charge is 0.264 e. The number of rotatable bonds is 11. The van der Waals surface area contributed by atoms with E-state index in [-0.39, 0.29) is 23.0 Å². The molecule has 11 heteroatoms. The SMILES string of the molecule is CCNC(=O)[C@H](CC)N(Cc1ccc(Cl)c(Cl)c1)C(=O)CN(c1cc(Cl)ccc1C)S(=O)(=O)c1ccc(C)cc1. The lowest BCUT2D eigenvalue weighted by atomic mass is 10.1. The van der Waals surface area contributed by atoms with Gasteiger partial charge in [-0.05, 0) is 74.7 Å². The minimum Gasteiger partial charge on any atom is -0.355 e. The lowest BCUT2D eigenvalue weighted by Crippen LogP contribution is -2.52. The van der Waals surface area contributed by atoms with Crippen LogP contribution in [0.3, 0.4) is 0 Å². The Morgan fingerprint density at radius 1 is 0.900 bits per heavy atom. The van der Waals surface area contributed by atoms with Gasteiger partial charge in [-0.15, -0.1) is 0 Å². The number of aryl methyl sites for hydroxylation is 2. The predicted octanol–water partition coefficient (Wildman–Crippen LogP) is 6.40. The molecule has 0 saturated heterocycles. The Hall–Kier alpha value is -2.78. The molecule has 1 N–H and O–H groups in total. The van der Waals surface area contributed by atoms with Crippen molar-refractivity contribution < 1.29 is 18.0 Å². The van der Waals surface area contributed by atoms with E-state index < -0.39 is 28.5 Å². The Bertz CT molecular complexity index is 1480. The second-order valence-corrected chi connectivity index (χ2v) is 12.5. The molecule has 0 aliphatic rings. The first-order valence-corrected chi connectivity index (χ1v) is 15.3. The third-order valence-corrected chi connectivity index (χ3v) is 9.15. The van der Waals surface area contributed by atoms with E-state index in [1.165, 1.54) is 23.1 Å². The van der Waals surface area contributed by atoms with Crippen LogP contribution in [0, 0.1) is 13.8 Å². The zero-order valence-corrected chi connectivity index (χ0v) is 25.8. The van der Waals surface area contributed by atoms with E-state index in [4.69, 9.17) is 34.8 Å². The molecule has 0 heterocycles. The molecule has 2 amide bonds. The second kappa shape index (κ2) is 13.7. The van der Waals surface area contributed by atoms with Gasteiger partial charge >= 0.3 is 0 Å². The Morgan fingerprint density at radius 2 is 1.57 bits per heavy atom. The Balaban J connectivity index is 2.11. The van der Waals surface area contributed by atoms with E-state index in [0.717, 1.165) is 9.87 Å². The van der Waals surface area contributed by atoms with Gasteiger partial charge in [0.05, 0.1) is 20.6 Å². The lowest BCUT2D eigenvalue weighted by Gasteiger charge is -2.33. The van der Waals surface area contributed by atoms with Crippen LogP contribution in [-0.4, -0.2) is 44.3 Å². The molecule has 0 fully saturated rings. The van der Waals surface area contributed by atoms with E-state index in [1.54, 1.807) is 63.2 Å². The number of nitrogens with zero attached hydrogens (tertiary/aromatic N) is 2. The van der Waals surface area contributed by atoms with Gasteiger partial charge in [-0.3, -0.25) is 13.9 Å². The van der Waals surface area contributed by atoms with Gasteiger partial charge in [0.15, 0.2) is 0 Å². The molecule has 0 bridgehead atoms. The van der Waals surface area contributed by atoms with Crippen molar-refractivity contribution in [2.45, 2.75) is 51.6 Å². The van der Waals surface area contributed by atoms with Gasteiger partial charge < -0.3 is 10.2 Å². The number of hydrogen-bond acceptors (Lipinski definition) is 4. The molecule has 214 valence electrons. The van der Waals surface area contributed by atoms with E-state index in [1.807, 2.05) is 6.92 Å². The second-order valence-electron chi connectivity index (χ2n) is 9.34. The van der Waals surface area contributed by atoms with Crippen LogP contribution in [0.25, 0.3) is 0 Å². The lowest BCUT2D eigenvalue weighted by molar-refractivity contribution is -0.140. The summed E-state index contributed by atoms with van der Waals surface area (Å²) in [6.45, 7) is 6.99. The maximum Gasteiger partial charge on any atom is 0.264 e. The number of amides is 2. The molecule has 3 aromatic rings. The highest BCUT2D eigenvalue weighted by Gasteiger charge is 2.34. The summed E-state index contributed by atoms with van der Waals surface area (Å²) in [5.41, 5.74) is 2.40. The fourth-order valence-electron chi connectivity index (χ4n) is 4.25. The van der Waals surface area contributed by atoms with Crippen molar-refractivity contribution in [3.8, 4) is 0 Å². The normalized spacial score (nSPS) is 12.1. The van der Waals surface area contributed by atoms with Gasteiger partial charge in [-0.2, -0.15) is 0 Å². The van der Waals surface area contributed by atoms with Crippen LogP contribution in [0.15, 0.2) is 65.6 Å². The highest BCUT2D eigenvalue weighted by atomic mass is 35.5. The number of anilines is 1. The third-order valence-electron chi connectivity index (χ3n) is 6.40. The van der Waals surface area contributed by atoms with Crippen LogP contribution in [0.2, 0.25) is 15.1 Å². The highest BCUT2D eigenvalue weighted by molar-refractivity contribution is 7.92. The van der Waals surface area contributed by atoms with E-state index in [9.17, 15) is 18.0 Å². The van der Waals surface area contributed by atoms with Crippen LogP contribution < -0.4 is 9.62 Å². The zero-order valence-electron chi connectivity index (χ0n) is 22.7. The van der Waals surface area contributed by atoms with Crippen molar-refractivity contribution in [2.24, 2.45) is 0 Å². The maximum atomic E-state index is 14.1. The van der Waals surface area contributed by atoms with Crippen molar-refractivity contribution in [1.82, 2.24) is 10.2 Å². The number of likely N-dealkylation sites (N-methyl/N-ethyl adjacent to an activating group) is 1. The Kier molecular flexibility index (Phi) is 10.9. The summed E-state index contributed by atoms with van der Waals surface area (Å²) in [7, 11) is -4.20. The highest BCUT2D eigenvalue weighted by Crippen LogP contribution is 2.30. The minimum absolute atomic E-state index is 0.0122. The molecular weight excluding hydrogens is 593 g/mol. The molecule has 40 heavy (non-hydrogen) atoms. The van der Waals surface area contributed by atoms with Crippen LogP contribution in [-0.2, 0) is 26.2 Å². The number of benzene rings is 3. The molecule has 7 nitrogen and oxygen atoms in total. The summed E-state index contributed by atoms with van der Waals surface area (Å²) in [5, 5.41) is 3.74. The summed E-state index contributed by atoms with van der Waals surface area (Å²) < 4.78 is 29.0. The largest absolute Gasteiger partial charge is 0.355 e. The Morgan fingerprint density at radius 3 is 2.17 bits per heavy atom. The topological polar surface area (TPSA) is 86.8 Å². The quantitative estimate of drug-likeness (QED) is 0.267. The van der Waals surface area contributed by atoms with E-state index in [0.29, 0.717) is 39.2 Å². The summed E-state index contributed by atoms with van der Waals surface area (Å²) in [5.74, 6) is -0.912. The number of hydrogen-bond donors (Lipinski definition) is 1. The van der Waals surface area contributed by atoms with Gasteiger partial charge in [0.25, 0.3) is 10.0 Å². The van der Waals surface area contributed by atoms with Crippen LogP contribution >= 0.6 is 34.8 Å². The molecule has 0 spiro atoms. The third kappa shape index (κ3) is 7.49. The number of carbonyl (C=O) groups is 2. The maximum absolute atomic E-state index is 14.1. The molecular formula is C29H32Cl3N3O4S. The minimum atomic E-state index is -4.20. The zero-order chi connectivity index (χ0) is 29.6. The molecule has 0 aliphatic heterocycles. The summed E-state index contributed by atoms with van der Waals surface area (Å²) in [6, 6.07) is 15.3. The molecule has 0 aliphatic carbocycles. The Labute approximate surface area is 251 Å². The van der Waals surface area contributed by atoms with Gasteiger partial charge in [0, 0.05) is 18.1 Å². The average Bonchev–Trinajstić information content (AvgIpc) is 2.91. The number of nitrogens with one attached hydrogen (secondary N) is 1. The van der Waals surface area contributed by atoms with E-state index >= 15 is 0 Å². The fraction of sp³-hybridized carbons (Fsp3) is 0.310. The van der Waals surface area contributed by atoms with Gasteiger partial charge in [-0.1, -0.05) is 71.6 Å². The van der Waals surface area contributed by atoms with Gasteiger partial charge in [-0.25, -0.2) is 8.42 Å². The van der Waals surface area contributed by atoms with Crippen molar-refractivity contribution in [3.05, 3.63) is 92.4 Å². The summed E-state index contributed by atoms with van der Waals surface area (Å²) in [4.78, 5) is 28.5. The van der Waals surface area contributed by atoms with Gasteiger partial charge in [0.2, 0.25) is 11.8 Å². The molecule has 1 atom stereocenters. The number of halogens is 3. The first-order valence-electron chi connectivity index (χ1n) is 12.8. The number of carbonyl (C=O) groups excluding carboxylic acids is 2. The standard InChI is InChI=1S/C29H32Cl3N3O4S/c1-5-26(29(37)33-6-2)34(17-21-10-14-24(31)25(32)15-21)28(36)18-35(27-16-22(30)11-9-20(27)4)40(38,39)23-12-7-19(3)8-13-23/h7-16,26H,5-6,17-18H2,1-4H3,(H,33,37)/t26-/m0/s1. The molecule has 0 unspecified atom stereocenters. The van der Waals surface area contributed by atoms with Gasteiger partial charge in [0.1, 0.15) is 12.6 Å². The molecule has 3 aromatic carbocycles. The van der Waals surface area contributed by atoms with Crippen LogP contribution in [0.4, 0.5) is 5.69 Å². The first-order chi connectivity index (χ1) is 18.9. The molecule has 3 rings (SSSR count). The molecule has 0 radical (unpaired) electrons. The van der Waals surface area contributed by atoms with Crippen LogP contribution in [0.5, 0.6) is 0 Å². The predicted molar refractivity (Wildman–Crippen MR) is 162 cm³/mol. The van der Waals surface area contributed by atoms with Crippen molar-refractivity contribution in [3.63, 3.8) is 0 Å². The monoisotopic (exact) mass is 623 g/mol. The molecule has 0 saturated carbocycles.